The highest BCUT2D eigenvalue weighted by molar-refractivity contribution is 8.23. The lowest BCUT2D eigenvalue weighted by Gasteiger charge is -2.40. The van der Waals surface area contributed by atoms with Crippen LogP contribution in [0.25, 0.3) is 0 Å². The number of rotatable bonds is 6. The van der Waals surface area contributed by atoms with Gasteiger partial charge >= 0.3 is 0 Å². The molecule has 0 spiro atoms. The standard InChI is InChI=1S/C13H21NO5S2/c1-3-5-14(6-4-2)13(20)21-12-11(18)10(17)9(16)8(7-15)19-12/h3-4,8-12,15-18H,1-2,5-7H2/t8-,9-,10+,11-,12+/m1/s1. The van der Waals surface area contributed by atoms with Crippen LogP contribution in [0.5, 0.6) is 0 Å². The van der Waals surface area contributed by atoms with Crippen LogP contribution in [0.3, 0.4) is 0 Å². The average Bonchev–Trinajstić information content (AvgIpc) is 2.47. The molecule has 0 saturated carbocycles. The molecule has 1 heterocycles. The molecule has 0 unspecified atom stereocenters. The van der Waals surface area contributed by atoms with E-state index in [-0.39, 0.29) is 0 Å². The van der Waals surface area contributed by atoms with Crippen LogP contribution in [0.4, 0.5) is 0 Å². The Hall–Kier alpha value is -0.480. The van der Waals surface area contributed by atoms with Crippen molar-refractivity contribution in [2.75, 3.05) is 19.7 Å². The first-order chi connectivity index (χ1) is 9.96. The number of nitrogens with zero attached hydrogens (tertiary/aromatic N) is 1. The average molecular weight is 335 g/mol. The molecule has 1 aliphatic rings. The predicted molar refractivity (Wildman–Crippen MR) is 85.9 cm³/mol. The van der Waals surface area contributed by atoms with Crippen molar-refractivity contribution in [2.24, 2.45) is 0 Å². The van der Waals surface area contributed by atoms with Crippen LogP contribution in [0.2, 0.25) is 0 Å². The van der Waals surface area contributed by atoms with Crippen LogP contribution in [0.1, 0.15) is 0 Å². The molecule has 0 bridgehead atoms. The highest BCUT2D eigenvalue weighted by atomic mass is 32.2. The number of ether oxygens (including phenoxy) is 1. The summed E-state index contributed by atoms with van der Waals surface area (Å²) in [4.78, 5) is 1.79. The third kappa shape index (κ3) is 4.75. The Morgan fingerprint density at radius 3 is 2.19 bits per heavy atom. The van der Waals surface area contributed by atoms with Gasteiger partial charge in [0.2, 0.25) is 0 Å². The van der Waals surface area contributed by atoms with E-state index in [0.717, 1.165) is 11.8 Å². The second-order valence-corrected chi connectivity index (χ2v) is 6.30. The summed E-state index contributed by atoms with van der Waals surface area (Å²) in [6.07, 6.45) is -1.64. The number of thiocarbonyl (C=S) groups is 1. The molecule has 120 valence electrons. The van der Waals surface area contributed by atoms with Gasteiger partial charge in [-0.1, -0.05) is 36.1 Å². The van der Waals surface area contributed by atoms with E-state index in [1.807, 2.05) is 0 Å². The van der Waals surface area contributed by atoms with Gasteiger partial charge in [0.25, 0.3) is 0 Å². The van der Waals surface area contributed by atoms with Gasteiger partial charge in [0, 0.05) is 13.1 Å². The third-order valence-electron chi connectivity index (χ3n) is 3.02. The molecule has 0 aromatic rings. The van der Waals surface area contributed by atoms with E-state index in [1.165, 1.54) is 0 Å². The summed E-state index contributed by atoms with van der Waals surface area (Å²) in [6, 6.07) is 0. The zero-order chi connectivity index (χ0) is 16.0. The van der Waals surface area contributed by atoms with Crippen molar-refractivity contribution in [3.63, 3.8) is 0 Å². The summed E-state index contributed by atoms with van der Waals surface area (Å²) in [5, 5.41) is 38.5. The first-order valence-corrected chi connectivity index (χ1v) is 7.72. The molecule has 21 heavy (non-hydrogen) atoms. The number of hydrogen-bond donors (Lipinski definition) is 4. The minimum atomic E-state index is -1.40. The van der Waals surface area contributed by atoms with E-state index in [1.54, 1.807) is 17.1 Å². The lowest BCUT2D eigenvalue weighted by Crippen LogP contribution is -2.57. The largest absolute Gasteiger partial charge is 0.394 e. The summed E-state index contributed by atoms with van der Waals surface area (Å²) >= 11 is 6.33. The van der Waals surface area contributed by atoms with Crippen LogP contribution >= 0.6 is 24.0 Å². The Kier molecular flexibility index (Phi) is 7.82. The Labute approximate surface area is 133 Å². The van der Waals surface area contributed by atoms with Crippen LogP contribution in [0, 0.1) is 0 Å². The van der Waals surface area contributed by atoms with Gasteiger partial charge in [-0.15, -0.1) is 13.2 Å². The minimum Gasteiger partial charge on any atom is -0.394 e. The summed E-state index contributed by atoms with van der Waals surface area (Å²) in [5.74, 6) is 0. The van der Waals surface area contributed by atoms with Crippen molar-refractivity contribution in [3.05, 3.63) is 25.3 Å². The molecule has 4 N–H and O–H groups in total. The molecule has 0 radical (unpaired) electrons. The molecule has 1 fully saturated rings. The maximum absolute atomic E-state index is 9.96. The van der Waals surface area contributed by atoms with Gasteiger partial charge in [0.05, 0.1) is 6.61 Å². The van der Waals surface area contributed by atoms with Gasteiger partial charge in [-0.3, -0.25) is 0 Å². The molecule has 6 nitrogen and oxygen atoms in total. The first kappa shape index (κ1) is 18.6. The molecule has 8 heteroatoms. The molecule has 5 atom stereocenters. The van der Waals surface area contributed by atoms with E-state index in [0.29, 0.717) is 17.4 Å². The fourth-order valence-corrected chi connectivity index (χ4v) is 3.30. The van der Waals surface area contributed by atoms with Gasteiger partial charge in [0.1, 0.15) is 34.2 Å². The van der Waals surface area contributed by atoms with Crippen molar-refractivity contribution in [1.82, 2.24) is 4.90 Å². The highest BCUT2D eigenvalue weighted by Crippen LogP contribution is 2.30. The first-order valence-electron chi connectivity index (χ1n) is 6.44. The monoisotopic (exact) mass is 335 g/mol. The Morgan fingerprint density at radius 1 is 1.14 bits per heavy atom. The molecule has 1 rings (SSSR count). The second kappa shape index (κ2) is 8.84. The van der Waals surface area contributed by atoms with Gasteiger partial charge in [-0.25, -0.2) is 0 Å². The third-order valence-corrected chi connectivity index (χ3v) is 4.65. The highest BCUT2D eigenvalue weighted by Gasteiger charge is 2.44. The second-order valence-electron chi connectivity index (χ2n) is 4.56. The SMILES string of the molecule is C=CCN(CC=C)C(=S)S[C@@H]1O[C@H](CO)[C@@H](O)[C@H](O)[C@H]1O. The Balaban J connectivity index is 2.72. The number of aliphatic hydroxyl groups is 4. The Bertz CT molecular complexity index is 370. The van der Waals surface area contributed by atoms with Crippen LogP contribution in [-0.2, 0) is 4.74 Å². The number of hydrogen-bond acceptors (Lipinski definition) is 7. The lowest BCUT2D eigenvalue weighted by molar-refractivity contribution is -0.205. The van der Waals surface area contributed by atoms with Gasteiger partial charge < -0.3 is 30.1 Å². The molecule has 0 amide bonds. The molecular formula is C13H21NO5S2. The van der Waals surface area contributed by atoms with Crippen LogP contribution in [-0.4, -0.2) is 79.2 Å². The van der Waals surface area contributed by atoms with E-state index in [2.05, 4.69) is 13.2 Å². The van der Waals surface area contributed by atoms with Crippen molar-refractivity contribution in [3.8, 4) is 0 Å². The zero-order valence-electron chi connectivity index (χ0n) is 11.5. The fourth-order valence-electron chi connectivity index (χ4n) is 1.87. The summed E-state index contributed by atoms with van der Waals surface area (Å²) in [5.41, 5.74) is -0.870. The van der Waals surface area contributed by atoms with Crippen molar-refractivity contribution < 1.29 is 25.2 Å². The number of aliphatic hydroxyl groups excluding tert-OH is 4. The van der Waals surface area contributed by atoms with Crippen LogP contribution in [0.15, 0.2) is 25.3 Å². The van der Waals surface area contributed by atoms with Crippen molar-refractivity contribution >= 4 is 28.3 Å². The van der Waals surface area contributed by atoms with Gasteiger partial charge in [0.15, 0.2) is 0 Å². The van der Waals surface area contributed by atoms with Gasteiger partial charge in [-0.2, -0.15) is 0 Å². The minimum absolute atomic E-state index is 0.444. The molecule has 0 aromatic heterocycles. The van der Waals surface area contributed by atoms with E-state index in [4.69, 9.17) is 22.1 Å². The van der Waals surface area contributed by atoms with Gasteiger partial charge in [-0.05, 0) is 0 Å². The number of thioether (sulfide) groups is 1. The normalized spacial score (nSPS) is 32.5. The quantitative estimate of drug-likeness (QED) is 0.381. The van der Waals surface area contributed by atoms with E-state index >= 15 is 0 Å². The predicted octanol–water partition coefficient (Wildman–Crippen LogP) is -0.522. The summed E-state index contributed by atoms with van der Waals surface area (Å²) < 4.78 is 5.84. The molecule has 0 aromatic carbocycles. The summed E-state index contributed by atoms with van der Waals surface area (Å²) in [7, 11) is 0. The zero-order valence-corrected chi connectivity index (χ0v) is 13.2. The fraction of sp³-hybridized carbons (Fsp3) is 0.615. The van der Waals surface area contributed by atoms with Crippen molar-refractivity contribution in [1.29, 1.82) is 0 Å². The molecule has 0 aliphatic carbocycles. The topological polar surface area (TPSA) is 93.4 Å². The molecule has 1 aliphatic heterocycles. The molecule has 1 saturated heterocycles. The van der Waals surface area contributed by atoms with E-state index in [9.17, 15) is 15.3 Å². The van der Waals surface area contributed by atoms with Crippen molar-refractivity contribution in [2.45, 2.75) is 29.9 Å². The molecular weight excluding hydrogens is 314 g/mol. The Morgan fingerprint density at radius 2 is 1.71 bits per heavy atom. The van der Waals surface area contributed by atoms with Crippen LogP contribution < -0.4 is 0 Å². The lowest BCUT2D eigenvalue weighted by atomic mass is 10.0. The summed E-state index contributed by atoms with van der Waals surface area (Å²) in [6.45, 7) is 7.84. The van der Waals surface area contributed by atoms with E-state index < -0.39 is 36.5 Å². The smallest absolute Gasteiger partial charge is 0.139 e. The maximum atomic E-state index is 9.96. The maximum Gasteiger partial charge on any atom is 0.139 e.